The van der Waals surface area contributed by atoms with Gasteiger partial charge in [0.25, 0.3) is 5.91 Å². The molecule has 0 aliphatic carbocycles. The predicted octanol–water partition coefficient (Wildman–Crippen LogP) is 7.17. The zero-order valence-electron chi connectivity index (χ0n) is 27.5. The average Bonchev–Trinajstić information content (AvgIpc) is 3.44. The molecule has 0 fully saturated rings. The number of hydrogen-bond acceptors (Lipinski definition) is 9. The summed E-state index contributed by atoms with van der Waals surface area (Å²) in [7, 11) is 2.67. The third kappa shape index (κ3) is 7.95. The van der Waals surface area contributed by atoms with Gasteiger partial charge in [0.05, 0.1) is 14.2 Å². The molecule has 0 radical (unpaired) electrons. The molecular weight excluding hydrogens is 622 g/mol. The third-order valence-electron chi connectivity index (χ3n) is 7.14. The van der Waals surface area contributed by atoms with Gasteiger partial charge in [0, 0.05) is 39.4 Å². The first-order valence-corrected chi connectivity index (χ1v) is 15.5. The maximum atomic E-state index is 14.2. The van der Waals surface area contributed by atoms with Crippen LogP contribution in [-0.2, 0) is 16.0 Å². The number of thiophene rings is 1. The van der Waals surface area contributed by atoms with Crippen molar-refractivity contribution in [2.75, 3.05) is 19.5 Å². The van der Waals surface area contributed by atoms with Crippen molar-refractivity contribution >= 4 is 41.0 Å². The monoisotopic (exact) mass is 659 g/mol. The number of pyridine rings is 1. The molecule has 0 saturated heterocycles. The lowest BCUT2D eigenvalue weighted by molar-refractivity contribution is 0.0521. The van der Waals surface area contributed by atoms with Gasteiger partial charge in [0.15, 0.2) is 5.69 Å². The summed E-state index contributed by atoms with van der Waals surface area (Å²) in [4.78, 5) is 55.9. The maximum absolute atomic E-state index is 14.2. The van der Waals surface area contributed by atoms with E-state index in [4.69, 9.17) is 14.2 Å². The lowest BCUT2D eigenvalue weighted by Crippen LogP contribution is -2.32. The number of rotatable bonds is 9. The Bertz CT molecular complexity index is 1850. The molecule has 0 bridgehead atoms. The summed E-state index contributed by atoms with van der Waals surface area (Å²) < 4.78 is 16.0. The minimum atomic E-state index is -1.32. The van der Waals surface area contributed by atoms with E-state index in [9.17, 15) is 24.3 Å². The molecule has 2 heterocycles. The molecule has 2 aromatic carbocycles. The highest BCUT2D eigenvalue weighted by Gasteiger charge is 2.26. The van der Waals surface area contributed by atoms with E-state index >= 15 is 0 Å². The first-order chi connectivity index (χ1) is 22.1. The Balaban J connectivity index is 1.81. The summed E-state index contributed by atoms with van der Waals surface area (Å²) in [5, 5.41) is 17.2. The summed E-state index contributed by atoms with van der Waals surface area (Å²) in [5.74, 6) is -2.23. The second-order valence-corrected chi connectivity index (χ2v) is 12.8. The molecular formula is C35H37N3O8S. The van der Waals surface area contributed by atoms with E-state index in [1.54, 1.807) is 32.9 Å². The van der Waals surface area contributed by atoms with Crippen molar-refractivity contribution in [2.45, 2.75) is 53.7 Å². The van der Waals surface area contributed by atoms with Gasteiger partial charge in [0.1, 0.15) is 17.0 Å². The Hall–Kier alpha value is -5.23. The molecule has 47 heavy (non-hydrogen) atoms. The van der Waals surface area contributed by atoms with Crippen LogP contribution in [0.25, 0.3) is 21.6 Å². The maximum Gasteiger partial charge on any atom is 0.407 e. The largest absolute Gasteiger partial charge is 0.496 e. The van der Waals surface area contributed by atoms with E-state index in [-0.39, 0.29) is 34.6 Å². The van der Waals surface area contributed by atoms with Gasteiger partial charge in [-0.3, -0.25) is 4.79 Å². The molecule has 0 atom stereocenters. The zero-order chi connectivity index (χ0) is 34.6. The molecule has 11 nitrogen and oxygen atoms in total. The molecule has 0 unspecified atom stereocenters. The van der Waals surface area contributed by atoms with Gasteiger partial charge in [-0.1, -0.05) is 12.1 Å². The highest BCUT2D eigenvalue weighted by atomic mass is 32.1. The van der Waals surface area contributed by atoms with E-state index in [0.29, 0.717) is 17.0 Å². The highest BCUT2D eigenvalue weighted by molar-refractivity contribution is 7.13. The number of aryl methyl sites for hydroxylation is 3. The molecule has 12 heteroatoms. The fraction of sp³-hybridized carbons (Fsp3) is 0.286. The summed E-state index contributed by atoms with van der Waals surface area (Å²) in [6, 6.07) is 11.7. The summed E-state index contributed by atoms with van der Waals surface area (Å²) in [5.41, 5.74) is 3.97. The van der Waals surface area contributed by atoms with Crippen molar-refractivity contribution in [2.24, 2.45) is 0 Å². The molecule has 2 amide bonds. The van der Waals surface area contributed by atoms with Gasteiger partial charge < -0.3 is 30.0 Å². The van der Waals surface area contributed by atoms with Crippen LogP contribution in [0.2, 0.25) is 0 Å². The van der Waals surface area contributed by atoms with Crippen LogP contribution < -0.4 is 15.4 Å². The fourth-order valence-corrected chi connectivity index (χ4v) is 6.00. The number of hydrogen-bond donors (Lipinski definition) is 3. The Kier molecular flexibility index (Phi) is 10.3. The fourth-order valence-electron chi connectivity index (χ4n) is 5.06. The van der Waals surface area contributed by atoms with Gasteiger partial charge >= 0.3 is 18.0 Å². The lowest BCUT2D eigenvalue weighted by atomic mass is 9.93. The summed E-state index contributed by atoms with van der Waals surface area (Å²) in [6.07, 6.45) is -0.536. The van der Waals surface area contributed by atoms with Gasteiger partial charge in [-0.15, -0.1) is 11.3 Å². The van der Waals surface area contributed by atoms with Crippen molar-refractivity contribution < 1.29 is 38.5 Å². The first-order valence-electron chi connectivity index (χ1n) is 14.6. The Morgan fingerprint density at radius 3 is 2.13 bits per heavy atom. The molecule has 0 aliphatic rings. The van der Waals surface area contributed by atoms with Crippen LogP contribution in [0.1, 0.15) is 74.4 Å². The lowest BCUT2D eigenvalue weighted by Gasteiger charge is -2.20. The average molecular weight is 660 g/mol. The Labute approximate surface area is 276 Å². The van der Waals surface area contributed by atoms with Gasteiger partial charge in [0.2, 0.25) is 0 Å². The van der Waals surface area contributed by atoms with Crippen molar-refractivity contribution in [3.05, 3.63) is 87.0 Å². The predicted molar refractivity (Wildman–Crippen MR) is 180 cm³/mol. The van der Waals surface area contributed by atoms with Gasteiger partial charge in [-0.25, -0.2) is 19.4 Å². The normalized spacial score (nSPS) is 11.1. The number of nitrogens with zero attached hydrogens (tertiary/aromatic N) is 1. The summed E-state index contributed by atoms with van der Waals surface area (Å²) in [6.45, 7) is 11.2. The SMILES string of the molecule is COC(=O)c1nc(C(=O)O)ccc1-c1cc(OC)c(-c2sccc2C)cc1C(=O)Nc1c(C)cc(CNC(=O)OC(C)(C)C)cc1C. The number of carbonyl (C=O) groups is 4. The van der Waals surface area contributed by atoms with Crippen LogP contribution in [0.5, 0.6) is 5.75 Å². The Morgan fingerprint density at radius 2 is 1.57 bits per heavy atom. The molecule has 4 rings (SSSR count). The molecule has 3 N–H and O–H groups in total. The zero-order valence-corrected chi connectivity index (χ0v) is 28.3. The van der Waals surface area contributed by atoms with E-state index in [1.165, 1.54) is 30.6 Å². The number of aromatic nitrogens is 1. The second-order valence-electron chi connectivity index (χ2n) is 11.8. The minimum Gasteiger partial charge on any atom is -0.496 e. The number of esters is 1. The van der Waals surface area contributed by atoms with Crippen LogP contribution in [0, 0.1) is 20.8 Å². The number of carboxylic acid groups (broad SMARTS) is 1. The summed E-state index contributed by atoms with van der Waals surface area (Å²) >= 11 is 1.49. The molecule has 2 aromatic heterocycles. The minimum absolute atomic E-state index is 0.191. The molecule has 0 saturated carbocycles. The van der Waals surface area contributed by atoms with Crippen LogP contribution in [-0.4, -0.2) is 53.9 Å². The van der Waals surface area contributed by atoms with Crippen LogP contribution in [0.15, 0.2) is 47.8 Å². The van der Waals surface area contributed by atoms with Crippen molar-refractivity contribution in [1.82, 2.24) is 10.3 Å². The number of aromatic carboxylic acids is 1. The van der Waals surface area contributed by atoms with E-state index < -0.39 is 29.5 Å². The number of amides is 2. The van der Waals surface area contributed by atoms with Crippen molar-refractivity contribution in [3.8, 4) is 27.3 Å². The van der Waals surface area contributed by atoms with Crippen LogP contribution in [0.3, 0.4) is 0 Å². The highest BCUT2D eigenvalue weighted by Crippen LogP contribution is 2.41. The smallest absolute Gasteiger partial charge is 0.407 e. The van der Waals surface area contributed by atoms with E-state index in [2.05, 4.69) is 15.6 Å². The third-order valence-corrected chi connectivity index (χ3v) is 8.19. The molecule has 0 spiro atoms. The number of carbonyl (C=O) groups excluding carboxylic acids is 3. The number of alkyl carbamates (subject to hydrolysis) is 1. The van der Waals surface area contributed by atoms with Crippen molar-refractivity contribution in [1.29, 1.82) is 0 Å². The number of ether oxygens (including phenoxy) is 3. The van der Waals surface area contributed by atoms with E-state index in [1.807, 2.05) is 44.4 Å². The van der Waals surface area contributed by atoms with Gasteiger partial charge in [-0.05, 0) is 99.5 Å². The standard InChI is InChI=1S/C35H37N3O8S/c1-18-11-12-47-30(18)25-15-24(23(16-27(25)44-7)22-9-10-26(32(40)41)37-29(22)33(42)45-8)31(39)38-28-19(2)13-21(14-20(28)3)17-36-34(43)46-35(4,5)6/h9-16H,17H2,1-8H3,(H,36,43)(H,38,39)(H,40,41). The van der Waals surface area contributed by atoms with Gasteiger partial charge in [-0.2, -0.15) is 0 Å². The molecule has 4 aromatic rings. The molecule has 0 aliphatic heterocycles. The first kappa shape index (κ1) is 34.6. The number of benzene rings is 2. The number of nitrogens with one attached hydrogen (secondary N) is 2. The van der Waals surface area contributed by atoms with Crippen LogP contribution in [0.4, 0.5) is 10.5 Å². The number of methoxy groups -OCH3 is 2. The topological polar surface area (TPSA) is 153 Å². The van der Waals surface area contributed by atoms with Crippen LogP contribution >= 0.6 is 11.3 Å². The van der Waals surface area contributed by atoms with Crippen molar-refractivity contribution in [3.63, 3.8) is 0 Å². The number of carboxylic acids is 1. The Morgan fingerprint density at radius 1 is 0.894 bits per heavy atom. The quantitative estimate of drug-likeness (QED) is 0.159. The number of anilines is 1. The molecule has 246 valence electrons. The van der Waals surface area contributed by atoms with E-state index in [0.717, 1.165) is 34.2 Å². The second kappa shape index (κ2) is 14.0.